The molecule has 0 aromatic rings. The van der Waals surface area contributed by atoms with Gasteiger partial charge in [0.2, 0.25) is 5.91 Å². The number of rotatable bonds is 70. The maximum atomic E-state index is 13.7. The Hall–Kier alpha value is -2.03. The van der Waals surface area contributed by atoms with Gasteiger partial charge in [-0.05, 0) is 89.5 Å². The lowest BCUT2D eigenvalue weighted by molar-refractivity contribution is -0.870. The number of allylic oxidation sites excluding steroid dienone is 7. The van der Waals surface area contributed by atoms with Gasteiger partial charge in [-0.3, -0.25) is 18.6 Å². The zero-order chi connectivity index (χ0) is 63.5. The van der Waals surface area contributed by atoms with Gasteiger partial charge in [-0.15, -0.1) is 0 Å². The van der Waals surface area contributed by atoms with Crippen molar-refractivity contribution in [1.82, 2.24) is 5.32 Å². The number of amides is 1. The topological polar surface area (TPSA) is 111 Å². The predicted octanol–water partition coefficient (Wildman–Crippen LogP) is 24.4. The van der Waals surface area contributed by atoms with Crippen LogP contribution in [0.4, 0.5) is 0 Å². The molecule has 0 spiro atoms. The van der Waals surface area contributed by atoms with Crippen molar-refractivity contribution in [3.63, 3.8) is 0 Å². The summed E-state index contributed by atoms with van der Waals surface area (Å²) in [6, 6.07) is -0.848. The van der Waals surface area contributed by atoms with Gasteiger partial charge in [-0.2, -0.15) is 0 Å². The van der Waals surface area contributed by atoms with Crippen LogP contribution in [0.25, 0.3) is 0 Å². The van der Waals surface area contributed by atoms with Crippen LogP contribution in [0.1, 0.15) is 380 Å². The number of nitrogens with zero attached hydrogens (tertiary/aromatic N) is 1. The molecule has 0 aliphatic rings. The van der Waals surface area contributed by atoms with Crippen LogP contribution in [-0.2, 0) is 27.9 Å². The molecule has 1 amide bonds. The average Bonchev–Trinajstić information content (AvgIpc) is 3.70. The Morgan fingerprint density at radius 3 is 1.07 bits per heavy atom. The fraction of sp³-hybridized carbons (Fsp3) is 0.870. The molecule has 0 aromatic heterocycles. The van der Waals surface area contributed by atoms with Crippen molar-refractivity contribution < 1.29 is 37.3 Å². The monoisotopic (exact) mass is 1240 g/mol. The molecule has 512 valence electrons. The van der Waals surface area contributed by atoms with E-state index in [-0.39, 0.29) is 25.1 Å². The van der Waals surface area contributed by atoms with Crippen molar-refractivity contribution in [3.8, 4) is 0 Å². The standard InChI is InChI=1S/C77H147N2O7P/c1-7-10-13-16-19-22-25-28-30-32-34-36-38-39-41-42-44-46-48-51-54-57-60-63-66-69-76(80)78-74(73-85-87(82,83)84-72-71-79(4,5)6)75(68-65-62-59-56-53-50-27-24-21-18-15-12-9-3)86-77(81)70-67-64-61-58-55-52-49-47-45-43-40-37-35-33-31-29-26-23-20-17-14-11-8-2/h20,23,28-31,65,68,74-75H,7-19,21-22,24-27,32-64,66-67,69-73H2,1-6H3,(H-,78,80,82,83)/p+1/b23-20-,30-28+,31-29-,68-65+. The van der Waals surface area contributed by atoms with Crippen LogP contribution in [0.5, 0.6) is 0 Å². The zero-order valence-electron chi connectivity index (χ0n) is 58.8. The number of unbranched alkanes of at least 4 members (excludes halogenated alkanes) is 48. The number of esters is 1. The van der Waals surface area contributed by atoms with Crippen LogP contribution in [0.15, 0.2) is 48.6 Å². The van der Waals surface area contributed by atoms with Gasteiger partial charge in [-0.25, -0.2) is 4.57 Å². The SMILES string of the molecule is CCCCC/C=C\C/C=C\CCCCCCCCCCCCCCCC(=O)OC(/C=C/CCCCCCCCCCCCC)C(COP(=O)(O)OCC[N+](C)(C)C)NC(=O)CCCCCCCCCCCCCCCCC/C=C/CCCCCCCC. The third-order valence-corrected chi connectivity index (χ3v) is 18.2. The van der Waals surface area contributed by atoms with Gasteiger partial charge in [0.15, 0.2) is 0 Å². The summed E-state index contributed by atoms with van der Waals surface area (Å²) < 4.78 is 30.9. The number of ether oxygens (including phenoxy) is 1. The Morgan fingerprint density at radius 1 is 0.402 bits per heavy atom. The first-order chi connectivity index (χ1) is 42.4. The summed E-state index contributed by atoms with van der Waals surface area (Å²) in [6.45, 7) is 7.05. The highest BCUT2D eigenvalue weighted by molar-refractivity contribution is 7.47. The molecule has 87 heavy (non-hydrogen) atoms. The van der Waals surface area contributed by atoms with E-state index in [1.165, 1.54) is 283 Å². The van der Waals surface area contributed by atoms with Crippen molar-refractivity contribution in [2.45, 2.75) is 392 Å². The lowest BCUT2D eigenvalue weighted by Gasteiger charge is -2.27. The summed E-state index contributed by atoms with van der Waals surface area (Å²) in [5, 5.41) is 3.08. The van der Waals surface area contributed by atoms with E-state index in [9.17, 15) is 19.0 Å². The number of phosphoric acid groups is 1. The molecule has 0 saturated heterocycles. The molecule has 0 aliphatic heterocycles. The Labute approximate surface area is 541 Å². The minimum atomic E-state index is -4.46. The van der Waals surface area contributed by atoms with Gasteiger partial charge in [0, 0.05) is 12.8 Å². The van der Waals surface area contributed by atoms with E-state index in [1.807, 2.05) is 27.2 Å². The number of likely N-dealkylation sites (N-methyl/N-ethyl adjacent to an activating group) is 1. The number of hydrogen-bond acceptors (Lipinski definition) is 6. The van der Waals surface area contributed by atoms with Crippen molar-refractivity contribution in [1.29, 1.82) is 0 Å². The first-order valence-corrected chi connectivity index (χ1v) is 39.5. The molecule has 10 heteroatoms. The average molecular weight is 1250 g/mol. The quantitative estimate of drug-likeness (QED) is 0.0205. The Kier molecular flexibility index (Phi) is 65.3. The minimum Gasteiger partial charge on any atom is -0.456 e. The molecule has 0 bridgehead atoms. The van der Waals surface area contributed by atoms with Crippen LogP contribution >= 0.6 is 7.82 Å². The molecule has 3 unspecified atom stereocenters. The van der Waals surface area contributed by atoms with Crippen molar-refractivity contribution >= 4 is 19.7 Å². The van der Waals surface area contributed by atoms with E-state index >= 15 is 0 Å². The predicted molar refractivity (Wildman–Crippen MR) is 379 cm³/mol. The van der Waals surface area contributed by atoms with E-state index in [2.05, 4.69) is 68.6 Å². The second kappa shape index (κ2) is 66.9. The maximum absolute atomic E-state index is 13.7. The molecular weight excluding hydrogens is 1100 g/mol. The molecule has 0 heterocycles. The largest absolute Gasteiger partial charge is 0.472 e. The second-order valence-electron chi connectivity index (χ2n) is 27.2. The summed E-state index contributed by atoms with van der Waals surface area (Å²) in [4.78, 5) is 38.0. The Morgan fingerprint density at radius 2 is 0.701 bits per heavy atom. The van der Waals surface area contributed by atoms with Crippen LogP contribution in [-0.4, -0.2) is 74.3 Å². The third kappa shape index (κ3) is 68.2. The molecule has 0 rings (SSSR count). The number of quaternary nitrogens is 1. The highest BCUT2D eigenvalue weighted by atomic mass is 31.2. The van der Waals surface area contributed by atoms with Gasteiger partial charge in [0.1, 0.15) is 19.3 Å². The van der Waals surface area contributed by atoms with E-state index in [4.69, 9.17) is 13.8 Å². The zero-order valence-corrected chi connectivity index (χ0v) is 59.7. The smallest absolute Gasteiger partial charge is 0.456 e. The normalized spacial score (nSPS) is 13.7. The molecular formula is C77H148N2O7P+. The summed E-state index contributed by atoms with van der Waals surface area (Å²) in [7, 11) is 1.51. The van der Waals surface area contributed by atoms with Gasteiger partial charge in [0.05, 0.1) is 33.8 Å². The molecule has 9 nitrogen and oxygen atoms in total. The van der Waals surface area contributed by atoms with Crippen molar-refractivity contribution in [2.24, 2.45) is 0 Å². The Balaban J connectivity index is 5.01. The molecule has 0 aliphatic carbocycles. The van der Waals surface area contributed by atoms with Crippen LogP contribution in [0, 0.1) is 0 Å². The van der Waals surface area contributed by atoms with Crippen LogP contribution < -0.4 is 5.32 Å². The third-order valence-electron chi connectivity index (χ3n) is 17.2. The maximum Gasteiger partial charge on any atom is 0.472 e. The van der Waals surface area contributed by atoms with E-state index < -0.39 is 20.0 Å². The lowest BCUT2D eigenvalue weighted by Crippen LogP contribution is -2.47. The second-order valence-corrected chi connectivity index (χ2v) is 28.6. The summed E-state index contributed by atoms with van der Waals surface area (Å²) >= 11 is 0. The van der Waals surface area contributed by atoms with Crippen LogP contribution in [0.3, 0.4) is 0 Å². The van der Waals surface area contributed by atoms with Crippen LogP contribution in [0.2, 0.25) is 0 Å². The van der Waals surface area contributed by atoms with Crippen molar-refractivity contribution in [2.75, 3.05) is 40.9 Å². The van der Waals surface area contributed by atoms with E-state index in [0.29, 0.717) is 23.9 Å². The van der Waals surface area contributed by atoms with Gasteiger partial charge < -0.3 is 19.4 Å². The molecule has 2 N–H and O–H groups in total. The molecule has 0 aromatic carbocycles. The molecule has 0 radical (unpaired) electrons. The first-order valence-electron chi connectivity index (χ1n) is 38.0. The fourth-order valence-corrected chi connectivity index (χ4v) is 12.1. The number of carbonyl (C=O) groups is 2. The fourth-order valence-electron chi connectivity index (χ4n) is 11.4. The first kappa shape index (κ1) is 85.0. The molecule has 0 saturated carbocycles. The molecule has 3 atom stereocenters. The number of nitrogens with one attached hydrogen (secondary N) is 1. The molecule has 0 fully saturated rings. The number of hydrogen-bond donors (Lipinski definition) is 2. The van der Waals surface area contributed by atoms with E-state index in [0.717, 1.165) is 64.2 Å². The van der Waals surface area contributed by atoms with Gasteiger partial charge in [-0.1, -0.05) is 327 Å². The number of phosphoric ester groups is 1. The summed E-state index contributed by atoms with van der Waals surface area (Å²) in [5.74, 6) is -0.486. The lowest BCUT2D eigenvalue weighted by atomic mass is 10.0. The summed E-state index contributed by atoms with van der Waals surface area (Å²) in [6.07, 6.45) is 85.6. The van der Waals surface area contributed by atoms with Gasteiger partial charge >= 0.3 is 13.8 Å². The summed E-state index contributed by atoms with van der Waals surface area (Å²) in [5.41, 5.74) is 0. The van der Waals surface area contributed by atoms with E-state index in [1.54, 1.807) is 0 Å². The van der Waals surface area contributed by atoms with Crippen molar-refractivity contribution in [3.05, 3.63) is 48.6 Å². The Bertz CT molecular complexity index is 1620. The number of carbonyl (C=O) groups excluding carboxylic acids is 2. The minimum absolute atomic E-state index is 0.0422. The van der Waals surface area contributed by atoms with Gasteiger partial charge in [0.25, 0.3) is 0 Å². The highest BCUT2D eigenvalue weighted by Crippen LogP contribution is 2.43. The highest BCUT2D eigenvalue weighted by Gasteiger charge is 2.30.